The third kappa shape index (κ3) is 4.68. The summed E-state index contributed by atoms with van der Waals surface area (Å²) in [6, 6.07) is 59.9. The maximum Gasteiger partial charge on any atom is 0.0714 e. The van der Waals surface area contributed by atoms with Crippen LogP contribution in [0.2, 0.25) is 0 Å². The Morgan fingerprint density at radius 3 is 1.73 bits per heavy atom. The van der Waals surface area contributed by atoms with Crippen LogP contribution in [0.15, 0.2) is 200 Å². The number of anilines is 3. The molecule has 0 N–H and O–H groups in total. The molecule has 0 spiro atoms. The molecule has 1 aliphatic carbocycles. The Morgan fingerprint density at radius 2 is 0.980 bits per heavy atom. The van der Waals surface area contributed by atoms with Gasteiger partial charge in [0.25, 0.3) is 0 Å². The molecule has 0 saturated heterocycles. The van der Waals surface area contributed by atoms with Crippen LogP contribution < -0.4 is 4.90 Å². The zero-order chi connectivity index (χ0) is 37.3. The molecule has 8 aromatic carbocycles. The summed E-state index contributed by atoms with van der Waals surface area (Å²) in [6.07, 6.45) is 0. The van der Waals surface area contributed by atoms with Crippen molar-refractivity contribution in [3.8, 4) is 22.3 Å². The molecule has 0 amide bonds. The highest BCUT2D eigenvalue weighted by Crippen LogP contribution is 2.57. The molecule has 1 aliphatic rings. The van der Waals surface area contributed by atoms with E-state index in [1.165, 1.54) is 10.3 Å². The highest BCUT2D eigenvalue weighted by Gasteiger charge is 2.46. The average molecular weight is 672 g/mol. The molecular weight excluding hydrogens is 635 g/mol. The summed E-state index contributed by atoms with van der Waals surface area (Å²) in [5.74, 6) is 0. The number of thiophene rings is 1. The minimum atomic E-state index is -0.657. The number of hydrogen-bond donors (Lipinski definition) is 0. The monoisotopic (exact) mass is 671 g/mol. The van der Waals surface area contributed by atoms with Gasteiger partial charge in [0.2, 0.25) is 0 Å². The first kappa shape index (κ1) is 25.7. The first-order chi connectivity index (χ1) is 27.0. The summed E-state index contributed by atoms with van der Waals surface area (Å²) < 4.78 is 40.2. The van der Waals surface area contributed by atoms with Gasteiger partial charge >= 0.3 is 0 Å². The maximum atomic E-state index is 9.59. The largest absolute Gasteiger partial charge is 0.310 e. The normalized spacial score (nSPS) is 14.0. The van der Waals surface area contributed by atoms with Crippen LogP contribution in [-0.4, -0.2) is 0 Å². The fourth-order valence-electron chi connectivity index (χ4n) is 8.00. The minimum absolute atomic E-state index is 0.0780. The fourth-order valence-corrected chi connectivity index (χ4v) is 9.09. The van der Waals surface area contributed by atoms with E-state index in [0.29, 0.717) is 5.56 Å². The molecule has 0 fully saturated rings. The van der Waals surface area contributed by atoms with E-state index in [9.17, 15) is 5.48 Å². The molecule has 0 bridgehead atoms. The molecule has 1 nitrogen and oxygen atoms in total. The van der Waals surface area contributed by atoms with E-state index in [4.69, 9.17) is 0 Å². The van der Waals surface area contributed by atoms with Crippen LogP contribution in [0.1, 0.15) is 27.7 Å². The molecule has 240 valence electrons. The number of rotatable bonds is 6. The third-order valence-electron chi connectivity index (χ3n) is 10.2. The van der Waals surface area contributed by atoms with Crippen LogP contribution in [0.4, 0.5) is 17.1 Å². The third-order valence-corrected chi connectivity index (χ3v) is 11.4. The molecule has 0 unspecified atom stereocenters. The Morgan fingerprint density at radius 1 is 0.412 bits per heavy atom. The zero-order valence-electron chi connectivity index (χ0n) is 31.6. The number of hydrogen-bond acceptors (Lipinski definition) is 2. The van der Waals surface area contributed by atoms with Gasteiger partial charge in [0.1, 0.15) is 0 Å². The van der Waals surface area contributed by atoms with Crippen molar-refractivity contribution in [2.24, 2.45) is 0 Å². The van der Waals surface area contributed by atoms with Crippen LogP contribution >= 0.6 is 11.3 Å². The van der Waals surface area contributed by atoms with Crippen molar-refractivity contribution in [1.82, 2.24) is 0 Å². The van der Waals surface area contributed by atoms with Gasteiger partial charge in [-0.25, -0.2) is 0 Å². The van der Waals surface area contributed by atoms with Crippen LogP contribution in [0.25, 0.3) is 42.4 Å². The average Bonchev–Trinajstić information content (AvgIpc) is 3.76. The maximum absolute atomic E-state index is 9.59. The van der Waals surface area contributed by atoms with E-state index in [1.807, 2.05) is 53.4 Å². The van der Waals surface area contributed by atoms with Gasteiger partial charge in [-0.05, 0) is 93.0 Å². The molecule has 1 aromatic heterocycles. The topological polar surface area (TPSA) is 3.24 Å². The van der Waals surface area contributed by atoms with Crippen LogP contribution in [0.3, 0.4) is 0 Å². The smallest absolute Gasteiger partial charge is 0.0714 e. The van der Waals surface area contributed by atoms with Gasteiger partial charge in [-0.1, -0.05) is 152 Å². The quantitative estimate of drug-likeness (QED) is 0.170. The van der Waals surface area contributed by atoms with Gasteiger partial charge in [-0.2, -0.15) is 0 Å². The molecular formula is C49H33NS. The van der Waals surface area contributed by atoms with Gasteiger partial charge in [0.15, 0.2) is 0 Å². The Balaban J connectivity index is 1.29. The molecule has 9 aromatic rings. The first-order valence-corrected chi connectivity index (χ1v) is 18.0. The summed E-state index contributed by atoms with van der Waals surface area (Å²) in [5, 5.41) is 2.22. The molecule has 51 heavy (non-hydrogen) atoms. The molecule has 0 atom stereocenters. The van der Waals surface area contributed by atoms with Crippen molar-refractivity contribution >= 4 is 48.6 Å². The lowest BCUT2D eigenvalue weighted by Gasteiger charge is -2.35. The summed E-state index contributed by atoms with van der Waals surface area (Å²) >= 11 is 1.74. The second-order valence-corrected chi connectivity index (χ2v) is 14.0. The highest BCUT2D eigenvalue weighted by atomic mass is 32.1. The van der Waals surface area contributed by atoms with E-state index in [1.54, 1.807) is 11.3 Å². The van der Waals surface area contributed by atoms with E-state index in [0.717, 1.165) is 54.7 Å². The fraction of sp³-hybridized carbons (Fsp3) is 0.0204. The van der Waals surface area contributed by atoms with Crippen molar-refractivity contribution in [3.63, 3.8) is 0 Å². The number of fused-ring (bicyclic) bond motifs is 6. The van der Waals surface area contributed by atoms with Crippen molar-refractivity contribution in [3.05, 3.63) is 222 Å². The molecule has 0 saturated carbocycles. The molecule has 0 aliphatic heterocycles. The van der Waals surface area contributed by atoms with Gasteiger partial charge in [-0.3, -0.25) is 0 Å². The minimum Gasteiger partial charge on any atom is -0.310 e. The second-order valence-electron chi connectivity index (χ2n) is 13.0. The van der Waals surface area contributed by atoms with Gasteiger partial charge < -0.3 is 4.90 Å². The summed E-state index contributed by atoms with van der Waals surface area (Å²) in [6.45, 7) is 0. The lowest BCUT2D eigenvalue weighted by Crippen LogP contribution is -2.28. The van der Waals surface area contributed by atoms with Gasteiger partial charge in [-0.15, -0.1) is 11.3 Å². The van der Waals surface area contributed by atoms with E-state index >= 15 is 0 Å². The van der Waals surface area contributed by atoms with Crippen molar-refractivity contribution in [1.29, 1.82) is 0 Å². The lowest BCUT2D eigenvalue weighted by molar-refractivity contribution is 0.768. The molecule has 2 heteroatoms. The predicted molar refractivity (Wildman–Crippen MR) is 217 cm³/mol. The molecule has 10 rings (SSSR count). The SMILES string of the molecule is [2H]c1c([2H])c(N(c2ccc3c(c2)C(c2ccccc2)(c2ccccc2)c2ccccc2-3)c2ccc3sc4ccccc4c3c2)c([2H])c([2H])c1-c1ccccc1. The Labute approximate surface area is 308 Å². The molecule has 1 heterocycles. The Bertz CT molecular complexity index is 2850. The summed E-state index contributed by atoms with van der Waals surface area (Å²) in [7, 11) is 0. The van der Waals surface area contributed by atoms with Gasteiger partial charge in [0, 0.05) is 37.2 Å². The van der Waals surface area contributed by atoms with Crippen LogP contribution in [-0.2, 0) is 5.41 Å². The molecule has 0 radical (unpaired) electrons. The number of nitrogens with zero attached hydrogens (tertiary/aromatic N) is 1. The van der Waals surface area contributed by atoms with Crippen molar-refractivity contribution < 1.29 is 5.48 Å². The van der Waals surface area contributed by atoms with Gasteiger partial charge in [0.05, 0.1) is 10.9 Å². The summed E-state index contributed by atoms with van der Waals surface area (Å²) in [5.41, 5.74) is 8.81. The van der Waals surface area contributed by atoms with Crippen molar-refractivity contribution in [2.45, 2.75) is 5.41 Å². The first-order valence-electron chi connectivity index (χ1n) is 19.2. The zero-order valence-corrected chi connectivity index (χ0v) is 28.4. The Hall–Kier alpha value is -6.22. The summed E-state index contributed by atoms with van der Waals surface area (Å²) in [4.78, 5) is 1.94. The lowest BCUT2D eigenvalue weighted by atomic mass is 9.67. The van der Waals surface area contributed by atoms with Crippen LogP contribution in [0.5, 0.6) is 0 Å². The number of benzene rings is 8. The predicted octanol–water partition coefficient (Wildman–Crippen LogP) is 13.6. The standard InChI is InChI=1S/C49H33NS/c1-4-14-34(15-5-1)35-24-26-38(27-25-35)50(39-29-31-48-44(32-39)43-21-11-13-23-47(43)51-48)40-28-30-42-41-20-10-12-22-45(41)49(46(42)33-40,36-16-6-2-7-17-36)37-18-8-3-9-19-37/h1-33H/i24D,25D,26D,27D. The van der Waals surface area contributed by atoms with E-state index < -0.39 is 5.41 Å². The Kier molecular flexibility index (Phi) is 6.04. The van der Waals surface area contributed by atoms with E-state index in [-0.39, 0.29) is 35.4 Å². The second kappa shape index (κ2) is 12.0. The van der Waals surface area contributed by atoms with Crippen LogP contribution in [0, 0.1) is 0 Å². The highest BCUT2D eigenvalue weighted by molar-refractivity contribution is 7.25. The van der Waals surface area contributed by atoms with E-state index in [2.05, 4.69) is 127 Å². The van der Waals surface area contributed by atoms with Crippen molar-refractivity contribution in [2.75, 3.05) is 4.90 Å².